The minimum absolute atomic E-state index is 0.304. The highest BCUT2D eigenvalue weighted by molar-refractivity contribution is 5.51. The molecule has 1 aliphatic heterocycles. The molecule has 5 heteroatoms. The molecule has 0 radical (unpaired) electrons. The zero-order valence-electron chi connectivity index (χ0n) is 14.7. The van der Waals surface area contributed by atoms with E-state index in [0.717, 1.165) is 37.1 Å². The Labute approximate surface area is 153 Å². The highest BCUT2D eigenvalue weighted by atomic mass is 16.5. The average molecular weight is 349 g/mol. The van der Waals surface area contributed by atoms with E-state index in [0.29, 0.717) is 24.2 Å². The summed E-state index contributed by atoms with van der Waals surface area (Å²) in [4.78, 5) is 6.83. The molecule has 26 heavy (non-hydrogen) atoms. The van der Waals surface area contributed by atoms with Gasteiger partial charge in [0, 0.05) is 5.56 Å². The summed E-state index contributed by atoms with van der Waals surface area (Å²) in [6, 6.07) is 19.8. The van der Waals surface area contributed by atoms with E-state index in [1.165, 1.54) is 0 Å². The minimum atomic E-state index is -0.381. The second-order valence-corrected chi connectivity index (χ2v) is 6.85. The molecule has 5 nitrogen and oxygen atoms in total. The van der Waals surface area contributed by atoms with Gasteiger partial charge in [-0.2, -0.15) is 4.98 Å². The molecule has 1 aromatic heterocycles. The molecule has 0 saturated carbocycles. The summed E-state index contributed by atoms with van der Waals surface area (Å²) in [6.45, 7) is 2.55. The molecule has 1 fully saturated rings. The monoisotopic (exact) mass is 349 g/mol. The zero-order chi connectivity index (χ0) is 17.8. The Morgan fingerprint density at radius 1 is 1.00 bits per heavy atom. The number of aliphatic hydroxyl groups is 1. The quantitative estimate of drug-likeness (QED) is 0.761. The SMILES string of the molecule is OC(c1ccccc1)C1CCN(Cc2noc(-c3ccccc3)n2)CC1. The molecule has 0 bridgehead atoms. The van der Waals surface area contributed by atoms with E-state index in [9.17, 15) is 5.11 Å². The van der Waals surface area contributed by atoms with Crippen LogP contribution in [0.1, 0.15) is 30.3 Å². The Morgan fingerprint density at radius 2 is 1.65 bits per heavy atom. The van der Waals surface area contributed by atoms with E-state index in [-0.39, 0.29) is 6.10 Å². The minimum Gasteiger partial charge on any atom is -0.388 e. The second kappa shape index (κ2) is 7.81. The molecule has 1 aliphatic rings. The summed E-state index contributed by atoms with van der Waals surface area (Å²) in [5.41, 5.74) is 1.95. The maximum Gasteiger partial charge on any atom is 0.257 e. The van der Waals surface area contributed by atoms with E-state index in [1.54, 1.807) is 0 Å². The molecular weight excluding hydrogens is 326 g/mol. The second-order valence-electron chi connectivity index (χ2n) is 6.85. The fourth-order valence-electron chi connectivity index (χ4n) is 3.57. The van der Waals surface area contributed by atoms with Crippen LogP contribution in [0.2, 0.25) is 0 Å². The number of benzene rings is 2. The molecule has 0 spiro atoms. The van der Waals surface area contributed by atoms with Crippen LogP contribution in [0.15, 0.2) is 65.2 Å². The third-order valence-electron chi connectivity index (χ3n) is 5.07. The molecule has 1 saturated heterocycles. The van der Waals surface area contributed by atoms with Crippen LogP contribution in [0, 0.1) is 5.92 Å². The Bertz CT molecular complexity index is 812. The lowest BCUT2D eigenvalue weighted by atomic mass is 9.87. The third kappa shape index (κ3) is 3.84. The maximum absolute atomic E-state index is 10.6. The van der Waals surface area contributed by atoms with Crippen molar-refractivity contribution in [3.05, 3.63) is 72.1 Å². The van der Waals surface area contributed by atoms with Gasteiger partial charge in [0.05, 0.1) is 12.6 Å². The van der Waals surface area contributed by atoms with Gasteiger partial charge in [-0.15, -0.1) is 0 Å². The summed E-state index contributed by atoms with van der Waals surface area (Å²) in [7, 11) is 0. The van der Waals surface area contributed by atoms with Crippen molar-refractivity contribution in [2.24, 2.45) is 5.92 Å². The number of hydrogen-bond acceptors (Lipinski definition) is 5. The molecule has 4 rings (SSSR count). The lowest BCUT2D eigenvalue weighted by Gasteiger charge is -2.33. The number of hydrogen-bond donors (Lipinski definition) is 1. The van der Waals surface area contributed by atoms with Crippen molar-refractivity contribution < 1.29 is 9.63 Å². The van der Waals surface area contributed by atoms with Gasteiger partial charge in [0.25, 0.3) is 5.89 Å². The lowest BCUT2D eigenvalue weighted by Crippen LogP contribution is -2.35. The van der Waals surface area contributed by atoms with Gasteiger partial charge in [0.15, 0.2) is 5.82 Å². The molecule has 0 amide bonds. The van der Waals surface area contributed by atoms with E-state index in [4.69, 9.17) is 4.52 Å². The van der Waals surface area contributed by atoms with Gasteiger partial charge in [-0.05, 0) is 49.5 Å². The number of aliphatic hydroxyl groups excluding tert-OH is 1. The summed E-state index contributed by atoms with van der Waals surface area (Å²) >= 11 is 0. The number of likely N-dealkylation sites (tertiary alicyclic amines) is 1. The van der Waals surface area contributed by atoms with Crippen molar-refractivity contribution in [2.75, 3.05) is 13.1 Å². The Morgan fingerprint density at radius 3 is 2.35 bits per heavy atom. The van der Waals surface area contributed by atoms with Gasteiger partial charge in [-0.1, -0.05) is 53.7 Å². The van der Waals surface area contributed by atoms with Crippen molar-refractivity contribution >= 4 is 0 Å². The Kier molecular flexibility index (Phi) is 5.09. The molecule has 0 aliphatic carbocycles. The highest BCUT2D eigenvalue weighted by Gasteiger charge is 2.26. The topological polar surface area (TPSA) is 62.4 Å². The van der Waals surface area contributed by atoms with Crippen LogP contribution in [0.5, 0.6) is 0 Å². The van der Waals surface area contributed by atoms with Crippen LogP contribution >= 0.6 is 0 Å². The average Bonchev–Trinajstić information content (AvgIpc) is 3.18. The van der Waals surface area contributed by atoms with Crippen molar-refractivity contribution in [2.45, 2.75) is 25.5 Å². The maximum atomic E-state index is 10.6. The Hall–Kier alpha value is -2.50. The van der Waals surface area contributed by atoms with E-state index < -0.39 is 0 Å². The van der Waals surface area contributed by atoms with E-state index in [1.807, 2.05) is 60.7 Å². The highest BCUT2D eigenvalue weighted by Crippen LogP contribution is 2.31. The molecule has 134 valence electrons. The van der Waals surface area contributed by atoms with Crippen LogP contribution < -0.4 is 0 Å². The molecule has 1 atom stereocenters. The number of rotatable bonds is 5. The molecular formula is C21H23N3O2. The summed E-state index contributed by atoms with van der Waals surface area (Å²) in [5, 5.41) is 14.7. The zero-order valence-corrected chi connectivity index (χ0v) is 14.7. The first kappa shape index (κ1) is 16.9. The van der Waals surface area contributed by atoms with Gasteiger partial charge >= 0.3 is 0 Å². The van der Waals surface area contributed by atoms with Crippen LogP contribution in [-0.2, 0) is 6.54 Å². The number of aromatic nitrogens is 2. The van der Waals surface area contributed by atoms with Crippen molar-refractivity contribution in [1.82, 2.24) is 15.0 Å². The van der Waals surface area contributed by atoms with Gasteiger partial charge in [0.1, 0.15) is 0 Å². The standard InChI is InChI=1S/C21H23N3O2/c25-20(16-7-3-1-4-8-16)17-11-13-24(14-12-17)15-19-22-21(26-23-19)18-9-5-2-6-10-18/h1-10,17,20,25H,11-15H2. The molecule has 2 heterocycles. The number of piperidine rings is 1. The van der Waals surface area contributed by atoms with E-state index in [2.05, 4.69) is 15.0 Å². The van der Waals surface area contributed by atoms with Crippen molar-refractivity contribution in [3.63, 3.8) is 0 Å². The van der Waals surface area contributed by atoms with E-state index >= 15 is 0 Å². The van der Waals surface area contributed by atoms with Gasteiger partial charge in [-0.3, -0.25) is 4.90 Å². The molecule has 1 unspecified atom stereocenters. The van der Waals surface area contributed by atoms with Crippen LogP contribution in [-0.4, -0.2) is 33.2 Å². The number of nitrogens with zero attached hydrogens (tertiary/aromatic N) is 3. The summed E-state index contributed by atoms with van der Waals surface area (Å²) < 4.78 is 5.38. The first-order valence-corrected chi connectivity index (χ1v) is 9.13. The molecule has 2 aromatic carbocycles. The predicted octanol–water partition coefficient (Wildman–Crippen LogP) is 3.68. The normalized spacial score (nSPS) is 17.3. The summed E-state index contributed by atoms with van der Waals surface area (Å²) in [5.74, 6) is 1.58. The van der Waals surface area contributed by atoms with Crippen molar-refractivity contribution in [1.29, 1.82) is 0 Å². The fraction of sp³-hybridized carbons (Fsp3) is 0.333. The van der Waals surface area contributed by atoms with Crippen LogP contribution in [0.4, 0.5) is 0 Å². The van der Waals surface area contributed by atoms with Gasteiger partial charge in [-0.25, -0.2) is 0 Å². The third-order valence-corrected chi connectivity index (χ3v) is 5.07. The van der Waals surface area contributed by atoms with Crippen LogP contribution in [0.25, 0.3) is 11.5 Å². The van der Waals surface area contributed by atoms with Gasteiger partial charge < -0.3 is 9.63 Å². The van der Waals surface area contributed by atoms with Crippen molar-refractivity contribution in [3.8, 4) is 11.5 Å². The molecule has 3 aromatic rings. The smallest absolute Gasteiger partial charge is 0.257 e. The largest absolute Gasteiger partial charge is 0.388 e. The van der Waals surface area contributed by atoms with Gasteiger partial charge in [0.2, 0.25) is 0 Å². The first-order valence-electron chi connectivity index (χ1n) is 9.13. The lowest BCUT2D eigenvalue weighted by molar-refractivity contribution is 0.0558. The Balaban J connectivity index is 1.32. The fourth-order valence-corrected chi connectivity index (χ4v) is 3.57. The first-order chi connectivity index (χ1) is 12.8. The molecule has 1 N–H and O–H groups in total. The van der Waals surface area contributed by atoms with Crippen LogP contribution in [0.3, 0.4) is 0 Å². The predicted molar refractivity (Wildman–Crippen MR) is 99.1 cm³/mol. The summed E-state index contributed by atoms with van der Waals surface area (Å²) in [6.07, 6.45) is 1.56.